The summed E-state index contributed by atoms with van der Waals surface area (Å²) in [6, 6.07) is 9.62. The minimum absolute atomic E-state index is 0.147. The first-order valence-corrected chi connectivity index (χ1v) is 8.58. The second kappa shape index (κ2) is 6.99. The summed E-state index contributed by atoms with van der Waals surface area (Å²) in [6.07, 6.45) is 4.93. The lowest BCUT2D eigenvalue weighted by Crippen LogP contribution is -2.06. The number of hydrogen-bond donors (Lipinski definition) is 1. The van der Waals surface area contributed by atoms with Crippen LogP contribution in [0.4, 0.5) is 11.6 Å². The molecule has 4 aromatic rings. The molecule has 0 spiro atoms. The Labute approximate surface area is 156 Å². The van der Waals surface area contributed by atoms with Crippen LogP contribution >= 0.6 is 0 Å². The SMILES string of the molecule is COc1ccccc1Nc1ncc2nc(-c3ccncn3)n(C(C)C)c2n1. The van der Waals surface area contributed by atoms with Crippen molar-refractivity contribution in [1.82, 2.24) is 29.5 Å². The van der Waals surface area contributed by atoms with E-state index in [1.54, 1.807) is 19.5 Å². The van der Waals surface area contributed by atoms with Gasteiger partial charge in [0.1, 0.15) is 23.3 Å². The summed E-state index contributed by atoms with van der Waals surface area (Å²) < 4.78 is 7.43. The topological polar surface area (TPSA) is 90.6 Å². The van der Waals surface area contributed by atoms with Gasteiger partial charge in [0.15, 0.2) is 11.5 Å². The molecule has 0 unspecified atom stereocenters. The molecule has 0 bridgehead atoms. The molecule has 0 amide bonds. The van der Waals surface area contributed by atoms with Crippen molar-refractivity contribution in [3.05, 3.63) is 49.1 Å². The zero-order chi connectivity index (χ0) is 18.8. The number of anilines is 2. The standard InChI is InChI=1S/C19H19N7O/c1-12(2)26-17(14-8-9-20-11-22-14)23-15-10-21-19(25-18(15)26)24-13-6-4-5-7-16(13)27-3/h4-12H,1-3H3,(H,21,24,25). The average Bonchev–Trinajstić information content (AvgIpc) is 3.08. The quantitative estimate of drug-likeness (QED) is 0.580. The van der Waals surface area contributed by atoms with Crippen molar-refractivity contribution in [2.45, 2.75) is 19.9 Å². The molecule has 0 radical (unpaired) electrons. The molecular formula is C19H19N7O. The van der Waals surface area contributed by atoms with Crippen LogP contribution in [0.2, 0.25) is 0 Å². The molecule has 0 aliphatic carbocycles. The summed E-state index contributed by atoms with van der Waals surface area (Å²) in [5.74, 6) is 1.94. The number of benzene rings is 1. The van der Waals surface area contributed by atoms with Crippen LogP contribution < -0.4 is 10.1 Å². The van der Waals surface area contributed by atoms with Gasteiger partial charge in [0, 0.05) is 12.2 Å². The predicted molar refractivity (Wildman–Crippen MR) is 103 cm³/mol. The third-order valence-electron chi connectivity index (χ3n) is 4.11. The lowest BCUT2D eigenvalue weighted by Gasteiger charge is -2.13. The summed E-state index contributed by atoms with van der Waals surface area (Å²) >= 11 is 0. The van der Waals surface area contributed by atoms with Crippen LogP contribution in [-0.2, 0) is 0 Å². The van der Waals surface area contributed by atoms with Crippen molar-refractivity contribution in [3.63, 3.8) is 0 Å². The Hall–Kier alpha value is -3.55. The number of methoxy groups -OCH3 is 1. The van der Waals surface area contributed by atoms with E-state index in [1.165, 1.54) is 6.33 Å². The molecule has 1 aromatic carbocycles. The van der Waals surface area contributed by atoms with E-state index in [-0.39, 0.29) is 6.04 Å². The maximum atomic E-state index is 5.38. The van der Waals surface area contributed by atoms with Crippen LogP contribution in [0.25, 0.3) is 22.7 Å². The van der Waals surface area contributed by atoms with Gasteiger partial charge in [-0.1, -0.05) is 12.1 Å². The Bertz CT molecular complexity index is 1080. The number of nitrogens with zero attached hydrogens (tertiary/aromatic N) is 6. The number of fused-ring (bicyclic) bond motifs is 1. The van der Waals surface area contributed by atoms with Crippen LogP contribution in [-0.4, -0.2) is 36.6 Å². The largest absolute Gasteiger partial charge is 0.495 e. The molecule has 3 heterocycles. The third-order valence-corrected chi connectivity index (χ3v) is 4.11. The number of imidazole rings is 1. The minimum Gasteiger partial charge on any atom is -0.495 e. The maximum absolute atomic E-state index is 5.38. The average molecular weight is 361 g/mol. The van der Waals surface area contributed by atoms with Crippen molar-refractivity contribution in [1.29, 1.82) is 0 Å². The van der Waals surface area contributed by atoms with E-state index in [2.05, 4.69) is 39.1 Å². The van der Waals surface area contributed by atoms with Gasteiger partial charge in [-0.05, 0) is 32.0 Å². The zero-order valence-corrected chi connectivity index (χ0v) is 15.3. The minimum atomic E-state index is 0.147. The van der Waals surface area contributed by atoms with Crippen LogP contribution in [0, 0.1) is 0 Å². The number of nitrogens with one attached hydrogen (secondary N) is 1. The number of aromatic nitrogens is 6. The van der Waals surface area contributed by atoms with Crippen LogP contribution in [0.3, 0.4) is 0 Å². The molecule has 0 aliphatic rings. The summed E-state index contributed by atoms with van der Waals surface area (Å²) in [5, 5.41) is 3.22. The van der Waals surface area contributed by atoms with E-state index in [9.17, 15) is 0 Å². The molecule has 0 fully saturated rings. The molecule has 27 heavy (non-hydrogen) atoms. The van der Waals surface area contributed by atoms with Gasteiger partial charge >= 0.3 is 0 Å². The Morgan fingerprint density at radius 2 is 1.93 bits per heavy atom. The summed E-state index contributed by atoms with van der Waals surface area (Å²) in [7, 11) is 1.63. The summed E-state index contributed by atoms with van der Waals surface area (Å²) in [5.41, 5.74) is 3.00. The Morgan fingerprint density at radius 1 is 1.07 bits per heavy atom. The Kier molecular flexibility index (Phi) is 4.37. The van der Waals surface area contributed by atoms with Crippen LogP contribution in [0.5, 0.6) is 5.75 Å². The van der Waals surface area contributed by atoms with Gasteiger partial charge in [-0.15, -0.1) is 0 Å². The lowest BCUT2D eigenvalue weighted by atomic mass is 10.3. The molecule has 1 N–H and O–H groups in total. The van der Waals surface area contributed by atoms with Crippen molar-refractivity contribution in [2.24, 2.45) is 0 Å². The van der Waals surface area contributed by atoms with E-state index in [0.29, 0.717) is 11.5 Å². The normalized spacial score (nSPS) is 11.1. The van der Waals surface area contributed by atoms with Gasteiger partial charge in [0.2, 0.25) is 5.95 Å². The second-order valence-electron chi connectivity index (χ2n) is 6.22. The van der Waals surface area contributed by atoms with E-state index < -0.39 is 0 Å². The van der Waals surface area contributed by atoms with Gasteiger partial charge in [0.05, 0.1) is 19.0 Å². The number of hydrogen-bond acceptors (Lipinski definition) is 7. The van der Waals surface area contributed by atoms with Crippen molar-refractivity contribution >= 4 is 22.8 Å². The Balaban J connectivity index is 1.81. The van der Waals surface area contributed by atoms with Gasteiger partial charge in [-0.25, -0.2) is 19.9 Å². The van der Waals surface area contributed by atoms with E-state index >= 15 is 0 Å². The summed E-state index contributed by atoms with van der Waals surface area (Å²) in [4.78, 5) is 22.1. The van der Waals surface area contributed by atoms with Crippen molar-refractivity contribution in [3.8, 4) is 17.3 Å². The van der Waals surface area contributed by atoms with Crippen molar-refractivity contribution < 1.29 is 4.74 Å². The summed E-state index contributed by atoms with van der Waals surface area (Å²) in [6.45, 7) is 4.17. The van der Waals surface area contributed by atoms with E-state index in [1.807, 2.05) is 34.9 Å². The smallest absolute Gasteiger partial charge is 0.229 e. The monoisotopic (exact) mass is 361 g/mol. The van der Waals surface area contributed by atoms with Gasteiger partial charge in [-0.3, -0.25) is 0 Å². The maximum Gasteiger partial charge on any atom is 0.229 e. The highest BCUT2D eigenvalue weighted by atomic mass is 16.5. The number of ether oxygens (including phenoxy) is 1. The van der Waals surface area contributed by atoms with Crippen LogP contribution in [0.15, 0.2) is 49.1 Å². The van der Waals surface area contributed by atoms with E-state index in [0.717, 1.165) is 28.6 Å². The fourth-order valence-corrected chi connectivity index (χ4v) is 2.91. The van der Waals surface area contributed by atoms with Crippen molar-refractivity contribution in [2.75, 3.05) is 12.4 Å². The first-order valence-electron chi connectivity index (χ1n) is 8.58. The number of rotatable bonds is 5. The first-order chi connectivity index (χ1) is 13.2. The molecule has 4 rings (SSSR count). The molecule has 0 aliphatic heterocycles. The zero-order valence-electron chi connectivity index (χ0n) is 15.3. The molecule has 136 valence electrons. The van der Waals surface area contributed by atoms with Gasteiger partial charge in [0.25, 0.3) is 0 Å². The highest BCUT2D eigenvalue weighted by Gasteiger charge is 2.18. The number of para-hydroxylation sites is 2. The third kappa shape index (κ3) is 3.17. The fourth-order valence-electron chi connectivity index (χ4n) is 2.91. The highest BCUT2D eigenvalue weighted by Crippen LogP contribution is 2.28. The van der Waals surface area contributed by atoms with E-state index in [4.69, 9.17) is 9.72 Å². The van der Waals surface area contributed by atoms with Gasteiger partial charge < -0.3 is 14.6 Å². The molecule has 0 saturated heterocycles. The van der Waals surface area contributed by atoms with Crippen LogP contribution in [0.1, 0.15) is 19.9 Å². The predicted octanol–water partition coefficient (Wildman–Crippen LogP) is 3.62. The molecule has 0 atom stereocenters. The second-order valence-corrected chi connectivity index (χ2v) is 6.22. The molecule has 0 saturated carbocycles. The Morgan fingerprint density at radius 3 is 2.67 bits per heavy atom. The molecule has 8 heteroatoms. The fraction of sp³-hybridized carbons (Fsp3) is 0.211. The van der Waals surface area contributed by atoms with Gasteiger partial charge in [-0.2, -0.15) is 4.98 Å². The molecule has 8 nitrogen and oxygen atoms in total. The highest BCUT2D eigenvalue weighted by molar-refractivity contribution is 5.77. The first kappa shape index (κ1) is 16.9. The molecule has 3 aromatic heterocycles. The lowest BCUT2D eigenvalue weighted by molar-refractivity contribution is 0.417. The molecular weight excluding hydrogens is 342 g/mol.